The van der Waals surface area contributed by atoms with E-state index in [-0.39, 0.29) is 0 Å². The van der Waals surface area contributed by atoms with E-state index in [0.29, 0.717) is 6.04 Å². The summed E-state index contributed by atoms with van der Waals surface area (Å²) in [6, 6.07) is 0.618. The molecule has 2 unspecified atom stereocenters. The molecule has 0 amide bonds. The third-order valence-electron chi connectivity index (χ3n) is 3.11. The van der Waals surface area contributed by atoms with Crippen molar-refractivity contribution in [2.75, 3.05) is 5.32 Å². The first kappa shape index (κ1) is 10.9. The number of nitrogens with one attached hydrogen (secondary N) is 1. The molecule has 2 atom stereocenters. The fourth-order valence-electron chi connectivity index (χ4n) is 2.16. The summed E-state index contributed by atoms with van der Waals surface area (Å²) in [6.45, 7) is 4.48. The van der Waals surface area contributed by atoms with Crippen LogP contribution in [0.15, 0.2) is 0 Å². The lowest BCUT2D eigenvalue weighted by Gasteiger charge is -2.15. The Morgan fingerprint density at radius 1 is 1.47 bits per heavy atom. The fourth-order valence-corrected chi connectivity index (χ4v) is 2.83. The monoisotopic (exact) mass is 225 g/mol. The number of aryl methyl sites for hydroxylation is 1. The second-order valence-corrected chi connectivity index (χ2v) is 5.18. The van der Waals surface area contributed by atoms with Crippen LogP contribution in [0.25, 0.3) is 0 Å². The van der Waals surface area contributed by atoms with Crippen LogP contribution in [-0.2, 0) is 6.42 Å². The van der Waals surface area contributed by atoms with Crippen LogP contribution in [0, 0.1) is 5.92 Å². The molecule has 3 nitrogen and oxygen atoms in total. The second kappa shape index (κ2) is 4.92. The Hall–Kier alpha value is -0.640. The summed E-state index contributed by atoms with van der Waals surface area (Å²) < 4.78 is 4.34. The molecule has 1 fully saturated rings. The molecule has 1 aromatic heterocycles. The zero-order chi connectivity index (χ0) is 10.7. The quantitative estimate of drug-likeness (QED) is 0.855. The summed E-state index contributed by atoms with van der Waals surface area (Å²) in [5.74, 6) is 1.78. The first-order valence-electron chi connectivity index (χ1n) is 5.88. The van der Waals surface area contributed by atoms with Crippen LogP contribution in [0.1, 0.15) is 45.4 Å². The molecule has 1 aromatic rings. The van der Waals surface area contributed by atoms with E-state index in [0.717, 1.165) is 29.7 Å². The van der Waals surface area contributed by atoms with Crippen molar-refractivity contribution < 1.29 is 0 Å². The number of hydrogen-bond donors (Lipinski definition) is 1. The Bertz CT molecular complexity index is 311. The molecule has 1 aliphatic carbocycles. The first-order chi connectivity index (χ1) is 7.29. The van der Waals surface area contributed by atoms with Crippen molar-refractivity contribution in [3.63, 3.8) is 0 Å². The number of aromatic nitrogens is 2. The summed E-state index contributed by atoms with van der Waals surface area (Å²) in [5.41, 5.74) is 0. The van der Waals surface area contributed by atoms with Crippen molar-refractivity contribution in [1.82, 2.24) is 9.36 Å². The molecule has 0 aliphatic heterocycles. The van der Waals surface area contributed by atoms with Gasteiger partial charge in [0.15, 0.2) is 0 Å². The first-order valence-corrected chi connectivity index (χ1v) is 6.66. The summed E-state index contributed by atoms with van der Waals surface area (Å²) in [6.07, 6.45) is 6.09. The van der Waals surface area contributed by atoms with Crippen LogP contribution in [0.2, 0.25) is 0 Å². The minimum Gasteiger partial charge on any atom is -0.357 e. The van der Waals surface area contributed by atoms with Gasteiger partial charge in [-0.3, -0.25) is 0 Å². The molecule has 1 saturated carbocycles. The maximum atomic E-state index is 4.49. The lowest BCUT2D eigenvalue weighted by molar-refractivity contribution is 0.556. The van der Waals surface area contributed by atoms with Crippen LogP contribution in [0.4, 0.5) is 5.13 Å². The average molecular weight is 225 g/mol. The molecule has 0 aromatic carbocycles. The van der Waals surface area contributed by atoms with Crippen molar-refractivity contribution in [2.45, 2.75) is 52.0 Å². The van der Waals surface area contributed by atoms with Gasteiger partial charge in [-0.25, -0.2) is 4.98 Å². The van der Waals surface area contributed by atoms with E-state index in [9.17, 15) is 0 Å². The third kappa shape index (κ3) is 2.68. The molecule has 1 N–H and O–H groups in total. The smallest absolute Gasteiger partial charge is 0.202 e. The van der Waals surface area contributed by atoms with Crippen molar-refractivity contribution in [2.24, 2.45) is 5.92 Å². The maximum absolute atomic E-state index is 4.49. The molecule has 0 spiro atoms. The van der Waals surface area contributed by atoms with Crippen molar-refractivity contribution in [3.8, 4) is 0 Å². The number of anilines is 1. The van der Waals surface area contributed by atoms with E-state index in [2.05, 4.69) is 28.5 Å². The summed E-state index contributed by atoms with van der Waals surface area (Å²) in [5, 5.41) is 4.53. The molecule has 0 saturated heterocycles. The molecule has 15 heavy (non-hydrogen) atoms. The number of hydrogen-bond acceptors (Lipinski definition) is 4. The molecule has 0 bridgehead atoms. The van der Waals surface area contributed by atoms with E-state index in [1.165, 1.54) is 30.8 Å². The van der Waals surface area contributed by atoms with Gasteiger partial charge in [0.2, 0.25) is 5.13 Å². The van der Waals surface area contributed by atoms with Gasteiger partial charge < -0.3 is 5.32 Å². The van der Waals surface area contributed by atoms with Gasteiger partial charge >= 0.3 is 0 Å². The van der Waals surface area contributed by atoms with E-state index in [1.807, 2.05) is 0 Å². The molecule has 1 heterocycles. The molecular formula is C11H19N3S. The van der Waals surface area contributed by atoms with Gasteiger partial charge in [0.05, 0.1) is 0 Å². The van der Waals surface area contributed by atoms with Gasteiger partial charge in [-0.1, -0.05) is 20.3 Å². The lowest BCUT2D eigenvalue weighted by Crippen LogP contribution is -2.21. The molecule has 0 radical (unpaired) electrons. The van der Waals surface area contributed by atoms with Crippen molar-refractivity contribution in [3.05, 3.63) is 5.82 Å². The van der Waals surface area contributed by atoms with Gasteiger partial charge in [0.25, 0.3) is 0 Å². The van der Waals surface area contributed by atoms with Crippen LogP contribution in [-0.4, -0.2) is 15.4 Å². The second-order valence-electron chi connectivity index (χ2n) is 4.42. The third-order valence-corrected chi connectivity index (χ3v) is 3.80. The minimum absolute atomic E-state index is 0.618. The number of nitrogens with zero attached hydrogens (tertiary/aromatic N) is 2. The minimum atomic E-state index is 0.618. The molecule has 4 heteroatoms. The highest BCUT2D eigenvalue weighted by molar-refractivity contribution is 7.09. The molecule has 2 rings (SSSR count). The van der Waals surface area contributed by atoms with E-state index in [1.54, 1.807) is 0 Å². The topological polar surface area (TPSA) is 37.8 Å². The van der Waals surface area contributed by atoms with E-state index < -0.39 is 0 Å². The van der Waals surface area contributed by atoms with Crippen LogP contribution >= 0.6 is 11.5 Å². The molecule has 1 aliphatic rings. The summed E-state index contributed by atoms with van der Waals surface area (Å²) >= 11 is 1.51. The van der Waals surface area contributed by atoms with Gasteiger partial charge in [0, 0.05) is 24.0 Å². The predicted molar refractivity (Wildman–Crippen MR) is 64.3 cm³/mol. The zero-order valence-corrected chi connectivity index (χ0v) is 10.3. The lowest BCUT2D eigenvalue weighted by atomic mass is 10.1. The van der Waals surface area contributed by atoms with Crippen molar-refractivity contribution >= 4 is 16.7 Å². The highest BCUT2D eigenvalue weighted by Gasteiger charge is 2.23. The molecular weight excluding hydrogens is 206 g/mol. The SMILES string of the molecule is CCCc1nsc(NC2CCCC2C)n1. The van der Waals surface area contributed by atoms with E-state index >= 15 is 0 Å². The van der Waals surface area contributed by atoms with Crippen LogP contribution in [0.5, 0.6) is 0 Å². The van der Waals surface area contributed by atoms with Gasteiger partial charge in [-0.05, 0) is 25.2 Å². The average Bonchev–Trinajstić information content (AvgIpc) is 2.79. The Morgan fingerprint density at radius 2 is 2.33 bits per heavy atom. The molecule has 84 valence electrons. The van der Waals surface area contributed by atoms with Gasteiger partial charge in [-0.15, -0.1) is 0 Å². The van der Waals surface area contributed by atoms with Crippen molar-refractivity contribution in [1.29, 1.82) is 0 Å². The van der Waals surface area contributed by atoms with Crippen LogP contribution < -0.4 is 5.32 Å². The zero-order valence-electron chi connectivity index (χ0n) is 9.49. The predicted octanol–water partition coefficient (Wildman–Crippen LogP) is 3.09. The fraction of sp³-hybridized carbons (Fsp3) is 0.818. The van der Waals surface area contributed by atoms with Gasteiger partial charge in [0.1, 0.15) is 5.82 Å². The highest BCUT2D eigenvalue weighted by atomic mass is 32.1. The number of rotatable bonds is 4. The van der Waals surface area contributed by atoms with Gasteiger partial charge in [-0.2, -0.15) is 4.37 Å². The Morgan fingerprint density at radius 3 is 3.00 bits per heavy atom. The normalized spacial score (nSPS) is 25.7. The Labute approximate surface area is 95.5 Å². The van der Waals surface area contributed by atoms with Crippen LogP contribution in [0.3, 0.4) is 0 Å². The standard InChI is InChI=1S/C11H19N3S/c1-3-5-10-13-11(15-14-10)12-9-7-4-6-8(9)2/h8-9H,3-7H2,1-2H3,(H,12,13,14). The largest absolute Gasteiger partial charge is 0.357 e. The van der Waals surface area contributed by atoms with E-state index in [4.69, 9.17) is 0 Å². The Balaban J connectivity index is 1.92. The Kier molecular flexibility index (Phi) is 3.57. The summed E-state index contributed by atoms with van der Waals surface area (Å²) in [4.78, 5) is 4.49. The highest BCUT2D eigenvalue weighted by Crippen LogP contribution is 2.28. The summed E-state index contributed by atoms with van der Waals surface area (Å²) in [7, 11) is 0. The maximum Gasteiger partial charge on any atom is 0.202 e.